The van der Waals surface area contributed by atoms with Gasteiger partial charge in [-0.05, 0) is 44.5 Å². The van der Waals surface area contributed by atoms with Crippen molar-refractivity contribution in [3.05, 3.63) is 41.9 Å². The van der Waals surface area contributed by atoms with E-state index in [-0.39, 0.29) is 11.7 Å². The number of pyridine rings is 1. The Hall–Kier alpha value is -3.33. The first-order valence-electron chi connectivity index (χ1n) is 12.1. The third-order valence-electron chi connectivity index (χ3n) is 7.65. The number of aromatic nitrogens is 4. The van der Waals surface area contributed by atoms with Crippen LogP contribution in [0.25, 0.3) is 11.0 Å². The SMILES string of the molecule is CC(=O)c1cc2cnc(Nc3ccc(C(=O)N4CC5CC4CN5C)cn3)nc2n1C1CCCC1. The summed E-state index contributed by atoms with van der Waals surface area (Å²) in [5.74, 6) is 1.08. The van der Waals surface area contributed by atoms with Gasteiger partial charge < -0.3 is 14.8 Å². The van der Waals surface area contributed by atoms with Crippen molar-refractivity contribution in [2.75, 3.05) is 25.5 Å². The monoisotopic (exact) mass is 459 g/mol. The highest BCUT2D eigenvalue weighted by Crippen LogP contribution is 2.35. The molecule has 2 atom stereocenters. The Bertz CT molecular complexity index is 1260. The second-order valence-electron chi connectivity index (χ2n) is 9.86. The summed E-state index contributed by atoms with van der Waals surface area (Å²) in [6.45, 7) is 3.33. The molecule has 2 unspecified atom stereocenters. The predicted molar refractivity (Wildman–Crippen MR) is 128 cm³/mol. The average Bonchev–Trinajstić information content (AvgIpc) is 3.61. The molecule has 3 fully saturated rings. The van der Waals surface area contributed by atoms with Gasteiger partial charge in [-0.25, -0.2) is 9.97 Å². The fourth-order valence-electron chi connectivity index (χ4n) is 5.86. The van der Waals surface area contributed by atoms with E-state index < -0.39 is 0 Å². The van der Waals surface area contributed by atoms with E-state index in [0.29, 0.717) is 41.1 Å². The number of likely N-dealkylation sites (N-methyl/N-ethyl adjacent to an activating group) is 1. The molecule has 0 aromatic carbocycles. The molecular weight excluding hydrogens is 430 g/mol. The Balaban J connectivity index is 1.22. The van der Waals surface area contributed by atoms with Gasteiger partial charge in [-0.2, -0.15) is 4.98 Å². The maximum Gasteiger partial charge on any atom is 0.255 e. The molecule has 2 bridgehead atoms. The first-order valence-corrected chi connectivity index (χ1v) is 12.1. The fraction of sp³-hybridized carbons (Fsp3) is 0.480. The molecule has 1 aliphatic carbocycles. The lowest BCUT2D eigenvalue weighted by molar-refractivity contribution is 0.0650. The van der Waals surface area contributed by atoms with Gasteiger partial charge >= 0.3 is 0 Å². The molecular formula is C25H29N7O2. The summed E-state index contributed by atoms with van der Waals surface area (Å²) < 4.78 is 2.09. The number of likely N-dealkylation sites (tertiary alicyclic amines) is 2. The van der Waals surface area contributed by atoms with Crippen LogP contribution in [0.2, 0.25) is 0 Å². The zero-order valence-electron chi connectivity index (χ0n) is 19.6. The Kier molecular flexibility index (Phi) is 5.09. The van der Waals surface area contributed by atoms with Crippen molar-refractivity contribution in [3.63, 3.8) is 0 Å². The van der Waals surface area contributed by atoms with E-state index in [4.69, 9.17) is 4.98 Å². The lowest BCUT2D eigenvalue weighted by atomic mass is 10.2. The summed E-state index contributed by atoms with van der Waals surface area (Å²) in [5, 5.41) is 4.02. The molecule has 3 aromatic rings. The fourth-order valence-corrected chi connectivity index (χ4v) is 5.86. The normalized spacial score (nSPS) is 22.7. The van der Waals surface area contributed by atoms with Gasteiger partial charge in [0.2, 0.25) is 5.95 Å². The maximum absolute atomic E-state index is 13.0. The van der Waals surface area contributed by atoms with Crippen LogP contribution in [0.3, 0.4) is 0 Å². The number of hydrogen-bond donors (Lipinski definition) is 1. The number of fused-ring (bicyclic) bond motifs is 3. The van der Waals surface area contributed by atoms with Gasteiger partial charge in [-0.3, -0.25) is 14.5 Å². The van der Waals surface area contributed by atoms with Gasteiger partial charge in [-0.15, -0.1) is 0 Å². The lowest BCUT2D eigenvalue weighted by Gasteiger charge is -2.31. The molecule has 2 aliphatic heterocycles. The molecule has 1 N–H and O–H groups in total. The predicted octanol–water partition coefficient (Wildman–Crippen LogP) is 3.42. The summed E-state index contributed by atoms with van der Waals surface area (Å²) in [7, 11) is 2.12. The molecule has 6 rings (SSSR count). The van der Waals surface area contributed by atoms with Crippen molar-refractivity contribution in [2.45, 2.75) is 57.2 Å². The second-order valence-corrected chi connectivity index (χ2v) is 9.86. The van der Waals surface area contributed by atoms with Gasteiger partial charge in [0.25, 0.3) is 5.91 Å². The minimum absolute atomic E-state index is 0.0409. The molecule has 3 aromatic heterocycles. The number of nitrogens with zero attached hydrogens (tertiary/aromatic N) is 6. The summed E-state index contributed by atoms with van der Waals surface area (Å²) in [4.78, 5) is 43.2. The van der Waals surface area contributed by atoms with Crippen LogP contribution in [0.1, 0.15) is 65.9 Å². The number of piperazine rings is 1. The van der Waals surface area contributed by atoms with Crippen molar-refractivity contribution in [3.8, 4) is 0 Å². The van der Waals surface area contributed by atoms with Crippen LogP contribution in [0, 0.1) is 0 Å². The molecule has 9 heteroatoms. The highest BCUT2D eigenvalue weighted by molar-refractivity contribution is 5.98. The van der Waals surface area contributed by atoms with Crippen LogP contribution >= 0.6 is 0 Å². The number of hydrogen-bond acceptors (Lipinski definition) is 7. The quantitative estimate of drug-likeness (QED) is 0.584. The molecule has 1 amide bonds. The standard InChI is InChI=1S/C25H29N7O2/c1-15(33)21-9-17-12-27-25(29-23(17)32(21)18-5-3-4-6-18)28-22-8-7-16(11-26-22)24(34)31-14-19-10-20(31)13-30(19)2/h7-9,11-12,18-20H,3-6,10,13-14H2,1-2H3,(H,26,27,28,29). The number of Topliss-reactive ketones (excluding diaryl/α,β-unsaturated/α-hetero) is 1. The number of carbonyl (C=O) groups is 2. The van der Waals surface area contributed by atoms with Crippen molar-refractivity contribution >= 4 is 34.5 Å². The highest BCUT2D eigenvalue weighted by Gasteiger charge is 2.43. The molecule has 1 saturated carbocycles. The summed E-state index contributed by atoms with van der Waals surface area (Å²) in [6, 6.07) is 6.56. The molecule has 34 heavy (non-hydrogen) atoms. The van der Waals surface area contributed by atoms with E-state index in [1.54, 1.807) is 31.5 Å². The summed E-state index contributed by atoms with van der Waals surface area (Å²) in [5.41, 5.74) is 2.06. The number of nitrogens with one attached hydrogen (secondary N) is 1. The average molecular weight is 460 g/mol. The number of rotatable bonds is 5. The summed E-state index contributed by atoms with van der Waals surface area (Å²) in [6.07, 6.45) is 8.88. The first-order chi connectivity index (χ1) is 16.5. The third-order valence-corrected chi connectivity index (χ3v) is 7.65. The van der Waals surface area contributed by atoms with Crippen LogP contribution in [0.15, 0.2) is 30.6 Å². The zero-order chi connectivity index (χ0) is 23.4. The van der Waals surface area contributed by atoms with Gasteiger partial charge in [-0.1, -0.05) is 12.8 Å². The van der Waals surface area contributed by atoms with E-state index >= 15 is 0 Å². The van der Waals surface area contributed by atoms with E-state index in [1.807, 2.05) is 11.0 Å². The highest BCUT2D eigenvalue weighted by atomic mass is 16.2. The van der Waals surface area contributed by atoms with Crippen LogP contribution in [0.4, 0.5) is 11.8 Å². The van der Waals surface area contributed by atoms with Gasteiger partial charge in [0.15, 0.2) is 5.78 Å². The Morgan fingerprint density at radius 3 is 2.50 bits per heavy atom. The van der Waals surface area contributed by atoms with E-state index in [9.17, 15) is 9.59 Å². The van der Waals surface area contributed by atoms with E-state index in [2.05, 4.69) is 31.8 Å². The maximum atomic E-state index is 13.0. The molecule has 176 valence electrons. The van der Waals surface area contributed by atoms with Crippen LogP contribution in [0.5, 0.6) is 0 Å². The Morgan fingerprint density at radius 1 is 1.03 bits per heavy atom. The Labute approximate surface area is 198 Å². The minimum atomic E-state index is 0.0409. The molecule has 5 heterocycles. The van der Waals surface area contributed by atoms with Crippen molar-refractivity contribution in [2.24, 2.45) is 0 Å². The van der Waals surface area contributed by atoms with Crippen LogP contribution < -0.4 is 5.32 Å². The number of carbonyl (C=O) groups excluding carboxylic acids is 2. The minimum Gasteiger partial charge on any atom is -0.333 e. The van der Waals surface area contributed by atoms with Gasteiger partial charge in [0.05, 0.1) is 11.3 Å². The summed E-state index contributed by atoms with van der Waals surface area (Å²) >= 11 is 0. The topological polar surface area (TPSA) is 96.2 Å². The molecule has 3 aliphatic rings. The molecule has 0 spiro atoms. The Morgan fingerprint density at radius 2 is 1.85 bits per heavy atom. The number of anilines is 2. The smallest absolute Gasteiger partial charge is 0.255 e. The molecule has 9 nitrogen and oxygen atoms in total. The number of ketones is 1. The number of amides is 1. The lowest BCUT2D eigenvalue weighted by Crippen LogP contribution is -2.47. The van der Waals surface area contributed by atoms with Gasteiger partial charge in [0.1, 0.15) is 11.5 Å². The second kappa shape index (κ2) is 8.16. The van der Waals surface area contributed by atoms with Gasteiger partial charge in [0, 0.05) is 55.9 Å². The van der Waals surface area contributed by atoms with Crippen LogP contribution in [-0.2, 0) is 0 Å². The molecule has 0 radical (unpaired) electrons. The van der Waals surface area contributed by atoms with E-state index in [1.165, 1.54) is 12.8 Å². The van der Waals surface area contributed by atoms with Crippen molar-refractivity contribution in [1.82, 2.24) is 29.3 Å². The van der Waals surface area contributed by atoms with Crippen molar-refractivity contribution in [1.29, 1.82) is 0 Å². The van der Waals surface area contributed by atoms with Crippen molar-refractivity contribution < 1.29 is 9.59 Å². The zero-order valence-corrected chi connectivity index (χ0v) is 19.6. The van der Waals surface area contributed by atoms with E-state index in [0.717, 1.165) is 43.4 Å². The molecule has 2 saturated heterocycles. The first kappa shape index (κ1) is 21.2. The van der Waals surface area contributed by atoms with Crippen LogP contribution in [-0.4, -0.2) is 73.2 Å². The largest absolute Gasteiger partial charge is 0.333 e. The third kappa shape index (κ3) is 3.55.